The molecule has 27 heteroatoms. The van der Waals surface area contributed by atoms with Gasteiger partial charge in [0.25, 0.3) is 11.8 Å². The predicted octanol–water partition coefficient (Wildman–Crippen LogP) is 3.55. The Bertz CT molecular complexity index is 2920. The number of carbonyl (C=O) groups is 9. The number of carbonyl (C=O) groups excluding carboxylic acids is 6. The lowest BCUT2D eigenvalue weighted by Gasteiger charge is -2.33. The van der Waals surface area contributed by atoms with E-state index in [0.717, 1.165) is 54.6 Å². The molecule has 0 aliphatic carbocycles. The first kappa shape index (κ1) is 73.3. The van der Waals surface area contributed by atoms with E-state index in [0.29, 0.717) is 93.8 Å². The molecule has 3 aromatic rings. The van der Waals surface area contributed by atoms with Crippen molar-refractivity contribution in [3.05, 3.63) is 71.4 Å². The number of hydrogen-bond acceptors (Lipinski definition) is 16. The van der Waals surface area contributed by atoms with Crippen LogP contribution < -0.4 is 26.0 Å². The molecule has 0 spiro atoms. The molecule has 7 N–H and O–H groups in total. The third-order valence-electron chi connectivity index (χ3n) is 16.9. The predicted molar refractivity (Wildman–Crippen MR) is 341 cm³/mol. The molecule has 92 heavy (non-hydrogen) atoms. The van der Waals surface area contributed by atoms with Gasteiger partial charge in [-0.05, 0) is 107 Å². The third kappa shape index (κ3) is 26.5. The number of unbranched alkanes of at least 4 members (excludes halogenated alkanes) is 3. The van der Waals surface area contributed by atoms with E-state index in [1.807, 2.05) is 36.1 Å². The summed E-state index contributed by atoms with van der Waals surface area (Å²) in [6.07, 6.45) is 11.4. The Kier molecular flexibility index (Phi) is 30.5. The van der Waals surface area contributed by atoms with Crippen molar-refractivity contribution in [2.24, 2.45) is 10.9 Å². The number of amides is 6. The molecule has 2 aromatic carbocycles. The van der Waals surface area contributed by atoms with Gasteiger partial charge in [-0.1, -0.05) is 42.7 Å². The van der Waals surface area contributed by atoms with Crippen LogP contribution in [0.25, 0.3) is 10.9 Å². The van der Waals surface area contributed by atoms with Crippen LogP contribution in [0.4, 0.5) is 8.78 Å². The number of benzene rings is 2. The fourth-order valence-corrected chi connectivity index (χ4v) is 11.8. The summed E-state index contributed by atoms with van der Waals surface area (Å²) in [4.78, 5) is 133. The number of pyridine rings is 1. The van der Waals surface area contributed by atoms with Gasteiger partial charge in [-0.15, -0.1) is 0 Å². The van der Waals surface area contributed by atoms with Gasteiger partial charge in [0, 0.05) is 123 Å². The first-order valence-electron chi connectivity index (χ1n) is 32.2. The molecular formula is C65H94F2N12O13. The molecule has 3 saturated heterocycles. The van der Waals surface area contributed by atoms with Gasteiger partial charge < -0.3 is 51.1 Å². The van der Waals surface area contributed by atoms with Crippen LogP contribution in [0.3, 0.4) is 0 Å². The van der Waals surface area contributed by atoms with Crippen LogP contribution in [0, 0.1) is 12.8 Å². The van der Waals surface area contributed by atoms with E-state index in [4.69, 9.17) is 4.74 Å². The van der Waals surface area contributed by atoms with Crippen molar-refractivity contribution in [1.82, 2.24) is 55.7 Å². The average molecular weight is 1290 g/mol. The number of hydrogen-bond donors (Lipinski definition) is 7. The normalized spacial score (nSPS) is 17.8. The maximum Gasteiger partial charge on any atom is 0.317 e. The summed E-state index contributed by atoms with van der Waals surface area (Å²) in [5.41, 5.74) is 3.12. The van der Waals surface area contributed by atoms with Crippen LogP contribution in [-0.4, -0.2) is 259 Å². The van der Waals surface area contributed by atoms with E-state index in [1.54, 1.807) is 37.8 Å². The second-order valence-corrected chi connectivity index (χ2v) is 24.3. The highest BCUT2D eigenvalue weighted by molar-refractivity contribution is 6.07. The molecule has 6 rings (SSSR count). The lowest BCUT2D eigenvalue weighted by atomic mass is 9.91. The Labute approximate surface area is 537 Å². The molecule has 25 nitrogen and oxygen atoms in total. The molecule has 3 aliphatic heterocycles. The van der Waals surface area contributed by atoms with Crippen molar-refractivity contribution >= 4 is 70.5 Å². The summed E-state index contributed by atoms with van der Waals surface area (Å²) in [6, 6.07) is 13.1. The van der Waals surface area contributed by atoms with E-state index >= 15 is 0 Å². The number of halogens is 2. The number of aliphatic carboxylic acids is 3. The molecule has 6 amide bonds. The summed E-state index contributed by atoms with van der Waals surface area (Å²) in [6.45, 7) is 3.85. The SMILES string of the molecule is CN=C[C@H]1CC(F)(F)CN1C(=O)CNC(=O)c1ccnc2ccc(OCCCCC3CCN(C(=O)CCCCCNC(=O)[C@H](CCCNC(=O)CCCc4ccc(C)cc4)NC(=O)CN4CCN(CC(=O)O)CCN(CC(=O)O)CCN(CC(=O)O)CC4)CC3)cc12. The van der Waals surface area contributed by atoms with Crippen LogP contribution in [0.2, 0.25) is 0 Å². The van der Waals surface area contributed by atoms with Crippen LogP contribution >= 0.6 is 0 Å². The highest BCUT2D eigenvalue weighted by atomic mass is 19.3. The number of aliphatic imine (C=N–C) groups is 1. The number of rotatable bonds is 34. The number of nitrogens with one attached hydrogen (secondary N) is 4. The Morgan fingerprint density at radius 3 is 1.92 bits per heavy atom. The Morgan fingerprint density at radius 2 is 1.30 bits per heavy atom. The average Bonchev–Trinajstić information content (AvgIpc) is 1.31. The van der Waals surface area contributed by atoms with Crippen LogP contribution in [-0.2, 0) is 44.8 Å². The fraction of sp³-hybridized carbons (Fsp3) is 0.615. The molecule has 2 atom stereocenters. The zero-order valence-corrected chi connectivity index (χ0v) is 53.3. The smallest absolute Gasteiger partial charge is 0.317 e. The minimum Gasteiger partial charge on any atom is -0.494 e. The second kappa shape index (κ2) is 38.3. The molecule has 0 radical (unpaired) electrons. The standard InChI is InChI=1S/C65H94F2N12O13/c1-47-15-17-48(18-16-47)11-8-13-56(80)70-25-9-12-55(73-57(81)42-74-29-31-75(43-60(84)85)33-35-77(45-62(88)89)36-34-76(32-30-74)44-61(86)87)64(91)71-24-6-3-4-14-58(82)78-27-22-49(23-28-78)10-5-7-37-92-51-19-20-54-53(38-51)52(21-26-69-54)63(90)72-41-59(83)79-46-65(66,67)39-50(79)40-68-2/h15-21,26,38,40,49-50,55H,3-14,22-25,27-37,39,41-46H2,1-2H3,(H,70,80)(H,71,91)(H,72,90)(H,73,81)(H,84,85)(H,86,87)(H,88,89)/t50-,55+/m1/s1. The highest BCUT2D eigenvalue weighted by Crippen LogP contribution is 2.32. The molecule has 0 unspecified atom stereocenters. The zero-order valence-electron chi connectivity index (χ0n) is 53.3. The number of alkyl halides is 2. The quantitative estimate of drug-likeness (QED) is 0.0332. The Hall–Kier alpha value is -7.75. The molecule has 3 fully saturated rings. The lowest BCUT2D eigenvalue weighted by molar-refractivity contribution is -0.140. The Balaban J connectivity index is 0.909. The molecular weight excluding hydrogens is 1190 g/mol. The maximum absolute atomic E-state index is 14.1. The van der Waals surface area contributed by atoms with Gasteiger partial charge in [-0.2, -0.15) is 0 Å². The molecule has 4 heterocycles. The van der Waals surface area contributed by atoms with Gasteiger partial charge in [0.15, 0.2) is 0 Å². The molecule has 0 saturated carbocycles. The fourth-order valence-electron chi connectivity index (χ4n) is 11.8. The largest absolute Gasteiger partial charge is 0.494 e. The molecule has 506 valence electrons. The van der Waals surface area contributed by atoms with Gasteiger partial charge >= 0.3 is 17.9 Å². The first-order chi connectivity index (χ1) is 44.1. The monoisotopic (exact) mass is 1290 g/mol. The van der Waals surface area contributed by atoms with Crippen molar-refractivity contribution in [2.75, 3.05) is 131 Å². The first-order valence-corrected chi connectivity index (χ1v) is 32.2. The van der Waals surface area contributed by atoms with E-state index in [2.05, 4.69) is 31.2 Å². The van der Waals surface area contributed by atoms with Crippen LogP contribution in [0.1, 0.15) is 111 Å². The van der Waals surface area contributed by atoms with Crippen LogP contribution in [0.5, 0.6) is 5.75 Å². The van der Waals surface area contributed by atoms with Crippen molar-refractivity contribution < 1.29 is 72.0 Å². The van der Waals surface area contributed by atoms with Gasteiger partial charge in [0.1, 0.15) is 11.8 Å². The summed E-state index contributed by atoms with van der Waals surface area (Å²) < 4.78 is 34.3. The summed E-state index contributed by atoms with van der Waals surface area (Å²) in [5, 5.41) is 40.7. The summed E-state index contributed by atoms with van der Waals surface area (Å²) in [5.74, 6) is -7.32. The topological polar surface area (TPSA) is 316 Å². The highest BCUT2D eigenvalue weighted by Gasteiger charge is 2.46. The van der Waals surface area contributed by atoms with Crippen molar-refractivity contribution in [3.8, 4) is 5.75 Å². The number of aryl methyl sites for hydroxylation is 2. The number of ether oxygens (including phenoxy) is 1. The molecule has 0 bridgehead atoms. The number of likely N-dealkylation sites (tertiary alicyclic amines) is 2. The van der Waals surface area contributed by atoms with E-state index < -0.39 is 79.1 Å². The van der Waals surface area contributed by atoms with Gasteiger partial charge in [0.2, 0.25) is 29.5 Å². The maximum atomic E-state index is 14.1. The van der Waals surface area contributed by atoms with Crippen molar-refractivity contribution in [1.29, 1.82) is 0 Å². The molecule has 1 aromatic heterocycles. The van der Waals surface area contributed by atoms with Crippen molar-refractivity contribution in [2.45, 2.75) is 121 Å². The summed E-state index contributed by atoms with van der Waals surface area (Å²) in [7, 11) is 1.45. The van der Waals surface area contributed by atoms with E-state index in [1.165, 1.54) is 25.5 Å². The number of carboxylic acid groups (broad SMARTS) is 3. The van der Waals surface area contributed by atoms with E-state index in [9.17, 15) is 67.3 Å². The minimum atomic E-state index is -3.04. The van der Waals surface area contributed by atoms with Gasteiger partial charge in [-0.25, -0.2) is 8.78 Å². The van der Waals surface area contributed by atoms with Crippen molar-refractivity contribution in [3.63, 3.8) is 0 Å². The summed E-state index contributed by atoms with van der Waals surface area (Å²) >= 11 is 0. The number of aromatic nitrogens is 1. The van der Waals surface area contributed by atoms with E-state index in [-0.39, 0.29) is 109 Å². The lowest BCUT2D eigenvalue weighted by Crippen LogP contribution is -2.52. The van der Waals surface area contributed by atoms with Gasteiger partial charge in [0.05, 0.1) is 63.0 Å². The number of nitrogens with zero attached hydrogens (tertiary/aromatic N) is 8. The molecule has 3 aliphatic rings. The van der Waals surface area contributed by atoms with Gasteiger partial charge in [-0.3, -0.25) is 72.7 Å². The zero-order chi connectivity index (χ0) is 66.4. The number of fused-ring (bicyclic) bond motifs is 1. The van der Waals surface area contributed by atoms with Crippen LogP contribution in [0.15, 0.2) is 59.7 Å². The third-order valence-corrected chi connectivity index (χ3v) is 16.9. The number of piperidine rings is 1. The number of carboxylic acids is 3. The minimum absolute atomic E-state index is 0.0935. The Morgan fingerprint density at radius 1 is 0.685 bits per heavy atom. The second-order valence-electron chi connectivity index (χ2n) is 24.3.